The van der Waals surface area contributed by atoms with E-state index in [-0.39, 0.29) is 6.42 Å². The van der Waals surface area contributed by atoms with Gasteiger partial charge in [0, 0.05) is 30.4 Å². The molecule has 0 saturated carbocycles. The predicted octanol–water partition coefficient (Wildman–Crippen LogP) is 2.01. The number of anilines is 1. The summed E-state index contributed by atoms with van der Waals surface area (Å²) in [5, 5.41) is 12.4. The third kappa shape index (κ3) is 2.15. The van der Waals surface area contributed by atoms with E-state index >= 15 is 0 Å². The third-order valence-corrected chi connectivity index (χ3v) is 2.58. The minimum Gasteiger partial charge on any atom is -0.481 e. The second-order valence-electron chi connectivity index (χ2n) is 3.44. The molecule has 0 saturated heterocycles. The molecule has 2 rings (SSSR count). The van der Waals surface area contributed by atoms with Crippen molar-refractivity contribution in [2.75, 3.05) is 5.32 Å². The molecule has 0 atom stereocenters. The lowest BCUT2D eigenvalue weighted by molar-refractivity contribution is -0.137. The van der Waals surface area contributed by atoms with Gasteiger partial charge >= 0.3 is 5.97 Å². The maximum Gasteiger partial charge on any atom is 0.305 e. The number of carboxylic acids is 1. The van der Waals surface area contributed by atoms with E-state index in [1.54, 1.807) is 6.20 Å². The van der Waals surface area contributed by atoms with Crippen molar-refractivity contribution in [3.8, 4) is 0 Å². The molecule has 0 aromatic carbocycles. The summed E-state index contributed by atoms with van der Waals surface area (Å²) in [6.45, 7) is 0.475. The molecule has 0 amide bonds. The maximum absolute atomic E-state index is 10.4. The summed E-state index contributed by atoms with van der Waals surface area (Å²) in [5.74, 6) is 0.155. The fourth-order valence-corrected chi connectivity index (χ4v) is 1.82. The van der Waals surface area contributed by atoms with Crippen molar-refractivity contribution in [2.45, 2.75) is 19.4 Å². The summed E-state index contributed by atoms with van der Waals surface area (Å²) in [5.41, 5.74) is 1.10. The molecule has 1 aromatic rings. The Morgan fingerprint density at radius 1 is 1.67 bits per heavy atom. The van der Waals surface area contributed by atoms with Crippen LogP contribution < -0.4 is 5.32 Å². The average molecular weight is 227 g/mol. The number of hydrogen-bond donors (Lipinski definition) is 2. The van der Waals surface area contributed by atoms with Gasteiger partial charge in [-0.2, -0.15) is 0 Å². The maximum atomic E-state index is 10.4. The molecule has 1 aliphatic rings. The number of allylic oxidation sites excluding steroid dienone is 1. The molecular formula is C10H11ClN2O2. The van der Waals surface area contributed by atoms with Crippen molar-refractivity contribution in [3.63, 3.8) is 0 Å². The SMILES string of the molecule is O=C(O)CCn1ccc2c1NC=C(Cl)C2. The molecule has 2 N–H and O–H groups in total. The molecule has 4 nitrogen and oxygen atoms in total. The normalized spacial score (nSPS) is 14.1. The highest BCUT2D eigenvalue weighted by atomic mass is 35.5. The lowest BCUT2D eigenvalue weighted by Crippen LogP contribution is -2.09. The number of carbonyl (C=O) groups is 1. The van der Waals surface area contributed by atoms with Gasteiger partial charge in [0.1, 0.15) is 5.82 Å². The number of carboxylic acid groups (broad SMARTS) is 1. The topological polar surface area (TPSA) is 54.3 Å². The van der Waals surface area contributed by atoms with Crippen molar-refractivity contribution in [1.82, 2.24) is 4.57 Å². The number of fused-ring (bicyclic) bond motifs is 1. The Labute approximate surface area is 92.2 Å². The lowest BCUT2D eigenvalue weighted by Gasteiger charge is -2.14. The molecule has 0 aliphatic carbocycles. The predicted molar refractivity (Wildman–Crippen MR) is 57.9 cm³/mol. The first-order valence-electron chi connectivity index (χ1n) is 4.67. The van der Waals surface area contributed by atoms with E-state index in [0.717, 1.165) is 16.4 Å². The molecule has 5 heteroatoms. The van der Waals surface area contributed by atoms with Crippen LogP contribution in [0.15, 0.2) is 23.5 Å². The van der Waals surface area contributed by atoms with Crippen LogP contribution in [0.2, 0.25) is 0 Å². The number of hydrogen-bond acceptors (Lipinski definition) is 2. The van der Waals surface area contributed by atoms with Crippen LogP contribution in [0, 0.1) is 0 Å². The summed E-state index contributed by atoms with van der Waals surface area (Å²) >= 11 is 5.88. The Morgan fingerprint density at radius 2 is 2.47 bits per heavy atom. The summed E-state index contributed by atoms with van der Waals surface area (Å²) in [6, 6.07) is 1.96. The summed E-state index contributed by atoms with van der Waals surface area (Å²) in [4.78, 5) is 10.4. The minimum absolute atomic E-state index is 0.125. The van der Waals surface area contributed by atoms with Gasteiger partial charge in [-0.3, -0.25) is 4.79 Å². The zero-order valence-corrected chi connectivity index (χ0v) is 8.79. The first-order chi connectivity index (χ1) is 7.16. The van der Waals surface area contributed by atoms with Crippen LogP contribution in [-0.2, 0) is 17.8 Å². The highest BCUT2D eigenvalue weighted by Gasteiger charge is 2.13. The Morgan fingerprint density at radius 3 is 3.20 bits per heavy atom. The molecule has 15 heavy (non-hydrogen) atoms. The van der Waals surface area contributed by atoms with Crippen LogP contribution in [0.1, 0.15) is 12.0 Å². The number of aryl methyl sites for hydroxylation is 1. The van der Waals surface area contributed by atoms with Gasteiger partial charge in [0.2, 0.25) is 0 Å². The van der Waals surface area contributed by atoms with E-state index in [2.05, 4.69) is 5.32 Å². The summed E-state index contributed by atoms with van der Waals surface area (Å²) < 4.78 is 1.89. The third-order valence-electron chi connectivity index (χ3n) is 2.34. The minimum atomic E-state index is -0.790. The van der Waals surface area contributed by atoms with Crippen LogP contribution in [0.25, 0.3) is 0 Å². The van der Waals surface area contributed by atoms with E-state index in [9.17, 15) is 4.79 Å². The monoisotopic (exact) mass is 226 g/mol. The Bertz CT molecular complexity index is 423. The van der Waals surface area contributed by atoms with Gasteiger partial charge in [-0.15, -0.1) is 0 Å². The highest BCUT2D eigenvalue weighted by molar-refractivity contribution is 6.30. The van der Waals surface area contributed by atoms with Crippen molar-refractivity contribution < 1.29 is 9.90 Å². The second kappa shape index (κ2) is 3.98. The Kier molecular flexibility index (Phi) is 2.68. The zero-order valence-electron chi connectivity index (χ0n) is 8.03. The number of nitrogens with one attached hydrogen (secondary N) is 1. The van der Waals surface area contributed by atoms with E-state index in [1.165, 1.54) is 0 Å². The van der Waals surface area contributed by atoms with E-state index < -0.39 is 5.97 Å². The van der Waals surface area contributed by atoms with Gasteiger partial charge in [0.25, 0.3) is 0 Å². The molecule has 80 valence electrons. The average Bonchev–Trinajstić information content (AvgIpc) is 2.57. The number of nitrogens with zero attached hydrogens (tertiary/aromatic N) is 1. The second-order valence-corrected chi connectivity index (χ2v) is 3.92. The van der Waals surface area contributed by atoms with Gasteiger partial charge in [-0.25, -0.2) is 0 Å². The van der Waals surface area contributed by atoms with Crippen molar-refractivity contribution in [2.24, 2.45) is 0 Å². The molecule has 1 aromatic heterocycles. The van der Waals surface area contributed by atoms with Crippen molar-refractivity contribution >= 4 is 23.4 Å². The zero-order chi connectivity index (χ0) is 10.8. The lowest BCUT2D eigenvalue weighted by atomic mass is 10.2. The number of halogens is 1. The smallest absolute Gasteiger partial charge is 0.305 e. The standard InChI is InChI=1S/C10H11ClN2O2/c11-8-5-7-1-3-13(4-2-9(14)15)10(7)12-6-8/h1,3,6,12H,2,4-5H2,(H,14,15). The van der Waals surface area contributed by atoms with Crippen LogP contribution in [0.3, 0.4) is 0 Å². The van der Waals surface area contributed by atoms with Crippen LogP contribution in [0.5, 0.6) is 0 Å². The van der Waals surface area contributed by atoms with E-state index in [4.69, 9.17) is 16.7 Å². The molecule has 1 aliphatic heterocycles. The van der Waals surface area contributed by atoms with Crippen LogP contribution in [-0.4, -0.2) is 15.6 Å². The highest BCUT2D eigenvalue weighted by Crippen LogP contribution is 2.26. The fraction of sp³-hybridized carbons (Fsp3) is 0.300. The summed E-state index contributed by atoms with van der Waals surface area (Å²) in [6.07, 6.45) is 4.45. The molecular weight excluding hydrogens is 216 g/mol. The van der Waals surface area contributed by atoms with Gasteiger partial charge < -0.3 is 15.0 Å². The quantitative estimate of drug-likeness (QED) is 0.829. The number of aliphatic carboxylic acids is 1. The molecule has 2 heterocycles. The number of rotatable bonds is 3. The fourth-order valence-electron chi connectivity index (χ4n) is 1.62. The van der Waals surface area contributed by atoms with E-state index in [0.29, 0.717) is 13.0 Å². The summed E-state index contributed by atoms with van der Waals surface area (Å²) in [7, 11) is 0. The molecule has 0 unspecified atom stereocenters. The molecule has 0 radical (unpaired) electrons. The van der Waals surface area contributed by atoms with Gasteiger partial charge in [0.15, 0.2) is 0 Å². The molecule has 0 fully saturated rings. The molecule has 0 spiro atoms. The first-order valence-corrected chi connectivity index (χ1v) is 5.05. The van der Waals surface area contributed by atoms with Crippen LogP contribution >= 0.6 is 11.6 Å². The largest absolute Gasteiger partial charge is 0.481 e. The van der Waals surface area contributed by atoms with Crippen molar-refractivity contribution in [1.29, 1.82) is 0 Å². The van der Waals surface area contributed by atoms with E-state index in [1.807, 2.05) is 16.8 Å². The molecule has 0 bridgehead atoms. The van der Waals surface area contributed by atoms with Crippen LogP contribution in [0.4, 0.5) is 5.82 Å². The van der Waals surface area contributed by atoms with Crippen molar-refractivity contribution in [3.05, 3.63) is 29.1 Å². The Hall–Kier alpha value is -1.42. The van der Waals surface area contributed by atoms with Gasteiger partial charge in [-0.1, -0.05) is 11.6 Å². The van der Waals surface area contributed by atoms with Gasteiger partial charge in [0.05, 0.1) is 6.42 Å². The first kappa shape index (κ1) is 10.1. The number of aromatic nitrogens is 1. The Balaban J connectivity index is 2.13. The van der Waals surface area contributed by atoms with Gasteiger partial charge in [-0.05, 0) is 11.6 Å².